The molecule has 0 amide bonds. The third-order valence-electron chi connectivity index (χ3n) is 2.06. The van der Waals surface area contributed by atoms with Gasteiger partial charge < -0.3 is 5.11 Å². The van der Waals surface area contributed by atoms with E-state index in [-0.39, 0.29) is 6.04 Å². The van der Waals surface area contributed by atoms with Crippen molar-refractivity contribution in [1.29, 1.82) is 0 Å². The molecule has 0 aliphatic rings. The Hall–Kier alpha value is -0.940. The van der Waals surface area contributed by atoms with Crippen molar-refractivity contribution < 1.29 is 9.90 Å². The van der Waals surface area contributed by atoms with Crippen LogP contribution < -0.4 is 5.32 Å². The average molecular weight is 214 g/mol. The largest absolute Gasteiger partial charge is 0.480 e. The summed E-state index contributed by atoms with van der Waals surface area (Å²) in [7, 11) is 0. The fraction of sp³-hybridized carbons (Fsp3) is 0.556. The Labute approximate surface area is 87.0 Å². The minimum atomic E-state index is -0.879. The first-order valence-corrected chi connectivity index (χ1v) is 5.46. The topological polar surface area (TPSA) is 62.2 Å². The number of nitrogens with zero attached hydrogens (tertiary/aromatic N) is 1. The second-order valence-corrected chi connectivity index (χ2v) is 3.88. The third-order valence-corrected chi connectivity index (χ3v) is 2.66. The Kier molecular flexibility index (Phi) is 4.03. The van der Waals surface area contributed by atoms with Crippen molar-refractivity contribution in [2.75, 3.05) is 0 Å². The van der Waals surface area contributed by atoms with Gasteiger partial charge in [0.05, 0.1) is 11.2 Å². The Morgan fingerprint density at radius 1 is 1.79 bits per heavy atom. The van der Waals surface area contributed by atoms with Crippen LogP contribution in [-0.4, -0.2) is 22.1 Å². The zero-order valence-corrected chi connectivity index (χ0v) is 9.04. The molecule has 2 unspecified atom stereocenters. The third kappa shape index (κ3) is 2.78. The molecule has 0 aliphatic carbocycles. The molecule has 0 bridgehead atoms. The van der Waals surface area contributed by atoms with E-state index in [0.717, 1.165) is 6.42 Å². The zero-order chi connectivity index (χ0) is 10.6. The molecule has 0 saturated carbocycles. The lowest BCUT2D eigenvalue weighted by molar-refractivity contribution is -0.140. The SMILES string of the molecule is CCC(C)NC(C(=O)O)c1cscn1. The van der Waals surface area contributed by atoms with E-state index in [1.807, 2.05) is 13.8 Å². The Bertz CT molecular complexity index is 287. The van der Waals surface area contributed by atoms with Gasteiger partial charge in [0.2, 0.25) is 0 Å². The lowest BCUT2D eigenvalue weighted by atomic mass is 10.2. The van der Waals surface area contributed by atoms with Crippen LogP contribution in [-0.2, 0) is 4.79 Å². The van der Waals surface area contributed by atoms with E-state index >= 15 is 0 Å². The number of carboxylic acids is 1. The molecule has 1 aromatic heterocycles. The van der Waals surface area contributed by atoms with Crippen LogP contribution in [0.15, 0.2) is 10.9 Å². The summed E-state index contributed by atoms with van der Waals surface area (Å²) >= 11 is 1.41. The van der Waals surface area contributed by atoms with Gasteiger partial charge in [-0.05, 0) is 13.3 Å². The molecule has 1 rings (SSSR count). The van der Waals surface area contributed by atoms with Crippen molar-refractivity contribution in [1.82, 2.24) is 10.3 Å². The van der Waals surface area contributed by atoms with Gasteiger partial charge in [0.25, 0.3) is 0 Å². The van der Waals surface area contributed by atoms with Crippen molar-refractivity contribution in [2.45, 2.75) is 32.4 Å². The summed E-state index contributed by atoms with van der Waals surface area (Å²) in [4.78, 5) is 15.0. The van der Waals surface area contributed by atoms with E-state index in [9.17, 15) is 4.79 Å². The molecule has 4 nitrogen and oxygen atoms in total. The molecule has 0 aromatic carbocycles. The van der Waals surface area contributed by atoms with Crippen LogP contribution in [0.3, 0.4) is 0 Å². The van der Waals surface area contributed by atoms with Crippen molar-refractivity contribution in [3.05, 3.63) is 16.6 Å². The molecule has 5 heteroatoms. The summed E-state index contributed by atoms with van der Waals surface area (Å²) in [5, 5.41) is 13.8. The molecule has 1 aromatic rings. The van der Waals surface area contributed by atoms with Crippen LogP contribution in [0.2, 0.25) is 0 Å². The molecule has 78 valence electrons. The number of hydrogen-bond donors (Lipinski definition) is 2. The van der Waals surface area contributed by atoms with Gasteiger partial charge in [0.1, 0.15) is 6.04 Å². The Morgan fingerprint density at radius 2 is 2.50 bits per heavy atom. The summed E-state index contributed by atoms with van der Waals surface area (Å²) in [5.41, 5.74) is 2.23. The zero-order valence-electron chi connectivity index (χ0n) is 8.23. The van der Waals surface area contributed by atoms with Crippen LogP contribution in [0, 0.1) is 0 Å². The van der Waals surface area contributed by atoms with Gasteiger partial charge in [0, 0.05) is 11.4 Å². The van der Waals surface area contributed by atoms with Gasteiger partial charge >= 0.3 is 5.97 Å². The number of rotatable bonds is 5. The van der Waals surface area contributed by atoms with E-state index in [4.69, 9.17) is 5.11 Å². The predicted octanol–water partition coefficient (Wildman–Crippen LogP) is 1.66. The Balaban J connectivity index is 2.71. The van der Waals surface area contributed by atoms with E-state index in [1.165, 1.54) is 11.3 Å². The maximum Gasteiger partial charge on any atom is 0.327 e. The van der Waals surface area contributed by atoms with Crippen molar-refractivity contribution in [3.63, 3.8) is 0 Å². The predicted molar refractivity (Wildman–Crippen MR) is 55.4 cm³/mol. The molecule has 0 aliphatic heterocycles. The fourth-order valence-corrected chi connectivity index (χ4v) is 1.63. The minimum absolute atomic E-state index is 0.179. The van der Waals surface area contributed by atoms with Gasteiger partial charge in [-0.2, -0.15) is 0 Å². The normalized spacial score (nSPS) is 15.0. The minimum Gasteiger partial charge on any atom is -0.480 e. The number of aliphatic carboxylic acids is 1. The number of aromatic nitrogens is 1. The molecule has 1 heterocycles. The van der Waals surface area contributed by atoms with Crippen LogP contribution in [0.5, 0.6) is 0 Å². The first-order valence-electron chi connectivity index (χ1n) is 4.52. The number of carboxylic acid groups (broad SMARTS) is 1. The van der Waals surface area contributed by atoms with Gasteiger partial charge in [-0.25, -0.2) is 4.98 Å². The lowest BCUT2D eigenvalue weighted by Gasteiger charge is -2.17. The molecule has 14 heavy (non-hydrogen) atoms. The summed E-state index contributed by atoms with van der Waals surface area (Å²) in [6.07, 6.45) is 0.897. The highest BCUT2D eigenvalue weighted by Crippen LogP contribution is 2.14. The highest BCUT2D eigenvalue weighted by atomic mass is 32.1. The molecule has 0 fully saturated rings. The van der Waals surface area contributed by atoms with Crippen LogP contribution in [0.25, 0.3) is 0 Å². The molecule has 0 spiro atoms. The Morgan fingerprint density at radius 3 is 2.93 bits per heavy atom. The number of carbonyl (C=O) groups is 1. The lowest BCUT2D eigenvalue weighted by Crippen LogP contribution is -2.35. The average Bonchev–Trinajstić information content (AvgIpc) is 2.65. The smallest absolute Gasteiger partial charge is 0.327 e. The number of nitrogens with one attached hydrogen (secondary N) is 1. The van der Waals surface area contributed by atoms with Gasteiger partial charge in [-0.15, -0.1) is 11.3 Å². The van der Waals surface area contributed by atoms with Crippen molar-refractivity contribution in [3.8, 4) is 0 Å². The molecule has 2 N–H and O–H groups in total. The monoisotopic (exact) mass is 214 g/mol. The molecule has 0 saturated heterocycles. The van der Waals surface area contributed by atoms with Gasteiger partial charge in [-0.3, -0.25) is 10.1 Å². The quantitative estimate of drug-likeness (QED) is 0.782. The second-order valence-electron chi connectivity index (χ2n) is 3.16. The van der Waals surface area contributed by atoms with Gasteiger partial charge in [-0.1, -0.05) is 6.92 Å². The van der Waals surface area contributed by atoms with E-state index in [2.05, 4.69) is 10.3 Å². The van der Waals surface area contributed by atoms with E-state index in [0.29, 0.717) is 5.69 Å². The number of hydrogen-bond acceptors (Lipinski definition) is 4. The highest BCUT2D eigenvalue weighted by molar-refractivity contribution is 7.07. The second kappa shape index (κ2) is 5.07. The first-order chi connectivity index (χ1) is 6.65. The summed E-state index contributed by atoms with van der Waals surface area (Å²) in [6.45, 7) is 3.97. The molecule has 0 radical (unpaired) electrons. The molecular formula is C9H14N2O2S. The fourth-order valence-electron chi connectivity index (χ4n) is 1.05. The first kappa shape index (κ1) is 11.1. The van der Waals surface area contributed by atoms with Crippen molar-refractivity contribution in [2.24, 2.45) is 0 Å². The summed E-state index contributed by atoms with van der Waals surface area (Å²) < 4.78 is 0. The molecular weight excluding hydrogens is 200 g/mol. The summed E-state index contributed by atoms with van der Waals surface area (Å²) in [6, 6.07) is -0.506. The van der Waals surface area contributed by atoms with Crippen molar-refractivity contribution >= 4 is 17.3 Å². The highest BCUT2D eigenvalue weighted by Gasteiger charge is 2.22. The van der Waals surface area contributed by atoms with Crippen LogP contribution in [0.4, 0.5) is 0 Å². The maximum absolute atomic E-state index is 11.0. The molecule has 2 atom stereocenters. The summed E-state index contributed by atoms with van der Waals surface area (Å²) in [5.74, 6) is -0.879. The van der Waals surface area contributed by atoms with E-state index in [1.54, 1.807) is 10.9 Å². The van der Waals surface area contributed by atoms with Gasteiger partial charge in [0.15, 0.2) is 0 Å². The van der Waals surface area contributed by atoms with Crippen LogP contribution >= 0.6 is 11.3 Å². The van der Waals surface area contributed by atoms with Crippen LogP contribution in [0.1, 0.15) is 32.0 Å². The van der Waals surface area contributed by atoms with E-state index < -0.39 is 12.0 Å². The maximum atomic E-state index is 11.0. The number of thiazole rings is 1. The standard InChI is InChI=1S/C9H14N2O2S/c1-3-6(2)11-8(9(12)13)7-4-14-5-10-7/h4-6,8,11H,3H2,1-2H3,(H,12,13).